The van der Waals surface area contributed by atoms with Gasteiger partial charge in [0.05, 0.1) is 0 Å². The highest BCUT2D eigenvalue weighted by Gasteiger charge is 2.11. The largest absolute Gasteiger partial charge is 0.330 e. The van der Waals surface area contributed by atoms with Gasteiger partial charge in [0.25, 0.3) is 0 Å². The summed E-state index contributed by atoms with van der Waals surface area (Å²) in [6.45, 7) is 11.2. The summed E-state index contributed by atoms with van der Waals surface area (Å²) in [7, 11) is -1.17. The molecule has 10 heavy (non-hydrogen) atoms. The summed E-state index contributed by atoms with van der Waals surface area (Å²) < 4.78 is 4.70. The van der Waals surface area contributed by atoms with Gasteiger partial charge in [-0.2, -0.15) is 0 Å². The molecular weight excluding hydrogens is 138 g/mol. The molecule has 0 aromatic heterocycles. The highest BCUT2D eigenvalue weighted by molar-refractivity contribution is 6.75. The van der Waals surface area contributed by atoms with Crippen LogP contribution in [0.15, 0.2) is 4.66 Å². The Kier molecular flexibility index (Phi) is 3.87. The van der Waals surface area contributed by atoms with Crippen LogP contribution in [0.3, 0.4) is 0 Å². The normalized spacial score (nSPS) is 11.3. The molecule has 0 bridgehead atoms. The van der Waals surface area contributed by atoms with Gasteiger partial charge in [-0.25, -0.2) is 0 Å². The Hall–Kier alpha value is -0.113. The fourth-order valence-electron chi connectivity index (χ4n) is 0.882. The molecule has 0 aliphatic carbocycles. The highest BCUT2D eigenvalue weighted by Crippen LogP contribution is 2.05. The van der Waals surface area contributed by atoms with Crippen molar-refractivity contribution in [1.29, 1.82) is 0 Å². The molecule has 2 heteroatoms. The van der Waals surface area contributed by atoms with E-state index in [0.717, 1.165) is 12.8 Å². The lowest BCUT2D eigenvalue weighted by Gasteiger charge is -2.11. The van der Waals surface area contributed by atoms with Gasteiger partial charge >= 0.3 is 0 Å². The second kappa shape index (κ2) is 3.91. The zero-order valence-corrected chi connectivity index (χ0v) is 8.86. The first-order valence-electron chi connectivity index (χ1n) is 4.07. The molecule has 0 aromatic rings. The van der Waals surface area contributed by atoms with Crippen LogP contribution in [0.1, 0.15) is 26.7 Å². The van der Waals surface area contributed by atoms with Gasteiger partial charge in [0.1, 0.15) is 0 Å². The monoisotopic (exact) mass is 157 g/mol. The van der Waals surface area contributed by atoms with Crippen LogP contribution in [0.5, 0.6) is 0 Å². The van der Waals surface area contributed by atoms with Crippen LogP contribution in [-0.2, 0) is 0 Å². The molecule has 0 heterocycles. The maximum absolute atomic E-state index is 4.70. The van der Waals surface area contributed by atoms with Crippen molar-refractivity contribution >= 4 is 13.9 Å². The van der Waals surface area contributed by atoms with E-state index in [0.29, 0.717) is 0 Å². The molecule has 0 aromatic carbocycles. The Morgan fingerprint density at radius 3 is 1.60 bits per heavy atom. The van der Waals surface area contributed by atoms with Crippen LogP contribution in [-0.4, -0.2) is 13.9 Å². The molecule has 0 N–H and O–H groups in total. The summed E-state index contributed by atoms with van der Waals surface area (Å²) >= 11 is 0. The lowest BCUT2D eigenvalue weighted by Crippen LogP contribution is -2.19. The zero-order chi connectivity index (χ0) is 8.20. The number of nitrogens with zero attached hydrogens (tertiary/aromatic N) is 1. The first-order chi connectivity index (χ1) is 4.49. The van der Waals surface area contributed by atoms with Crippen LogP contribution in [0, 0.1) is 0 Å². The minimum Gasteiger partial charge on any atom is -0.330 e. The highest BCUT2D eigenvalue weighted by atomic mass is 28.3. The van der Waals surface area contributed by atoms with Gasteiger partial charge < -0.3 is 4.66 Å². The van der Waals surface area contributed by atoms with Gasteiger partial charge in [-0.1, -0.05) is 13.8 Å². The molecular formula is C8H19NSi. The smallest absolute Gasteiger partial charge is 0.172 e. The maximum atomic E-state index is 4.70. The van der Waals surface area contributed by atoms with Gasteiger partial charge in [0.2, 0.25) is 0 Å². The molecule has 0 amide bonds. The molecule has 0 unspecified atom stereocenters. The summed E-state index contributed by atoms with van der Waals surface area (Å²) in [5.41, 5.74) is 1.39. The average molecular weight is 157 g/mol. The van der Waals surface area contributed by atoms with Crippen LogP contribution >= 0.6 is 0 Å². The van der Waals surface area contributed by atoms with Crippen LogP contribution in [0.2, 0.25) is 19.6 Å². The summed E-state index contributed by atoms with van der Waals surface area (Å²) in [6, 6.07) is 0. The first-order valence-corrected chi connectivity index (χ1v) is 7.52. The van der Waals surface area contributed by atoms with Gasteiger partial charge in [0.15, 0.2) is 8.24 Å². The van der Waals surface area contributed by atoms with E-state index in [4.69, 9.17) is 4.66 Å². The Morgan fingerprint density at radius 2 is 1.50 bits per heavy atom. The molecule has 0 atom stereocenters. The molecule has 0 radical (unpaired) electrons. The molecule has 0 saturated carbocycles. The third-order valence-electron chi connectivity index (χ3n) is 1.31. The Labute approximate surface area is 65.7 Å². The van der Waals surface area contributed by atoms with Gasteiger partial charge in [-0.15, -0.1) is 0 Å². The molecule has 0 saturated heterocycles. The quantitative estimate of drug-likeness (QED) is 0.441. The van der Waals surface area contributed by atoms with Crippen molar-refractivity contribution in [3.8, 4) is 0 Å². The van der Waals surface area contributed by atoms with Crippen molar-refractivity contribution in [2.45, 2.75) is 46.3 Å². The molecule has 0 aliphatic rings. The van der Waals surface area contributed by atoms with E-state index in [1.165, 1.54) is 5.71 Å². The van der Waals surface area contributed by atoms with Crippen molar-refractivity contribution < 1.29 is 0 Å². The second-order valence-corrected chi connectivity index (χ2v) is 8.12. The first kappa shape index (κ1) is 9.89. The van der Waals surface area contributed by atoms with Gasteiger partial charge in [-0.3, -0.25) is 0 Å². The van der Waals surface area contributed by atoms with Crippen molar-refractivity contribution in [2.24, 2.45) is 4.66 Å². The van der Waals surface area contributed by atoms with E-state index in [1.807, 2.05) is 0 Å². The van der Waals surface area contributed by atoms with Crippen LogP contribution in [0.4, 0.5) is 0 Å². The molecule has 1 nitrogen and oxygen atoms in total. The van der Waals surface area contributed by atoms with Gasteiger partial charge in [-0.05, 0) is 32.5 Å². The number of hydrogen-bond donors (Lipinski definition) is 0. The standard InChI is InChI=1S/C8H19NSi/c1-6-8(7-2)9-10(3,4)5/h6-7H2,1-5H3. The molecule has 0 fully saturated rings. The fraction of sp³-hybridized carbons (Fsp3) is 0.875. The SMILES string of the molecule is CCC(CC)=N[Si](C)(C)C. The molecule has 60 valence electrons. The van der Waals surface area contributed by atoms with E-state index in [1.54, 1.807) is 0 Å². The van der Waals surface area contributed by atoms with Crippen LogP contribution in [0.25, 0.3) is 0 Å². The minimum atomic E-state index is -1.17. The van der Waals surface area contributed by atoms with Gasteiger partial charge in [0, 0.05) is 5.71 Å². The number of hydrogen-bond acceptors (Lipinski definition) is 1. The van der Waals surface area contributed by atoms with Crippen molar-refractivity contribution in [2.75, 3.05) is 0 Å². The predicted molar refractivity (Wildman–Crippen MR) is 51.4 cm³/mol. The Bertz CT molecular complexity index is 116. The average Bonchev–Trinajstić information content (AvgIpc) is 1.81. The number of rotatable bonds is 3. The third kappa shape index (κ3) is 4.74. The zero-order valence-electron chi connectivity index (χ0n) is 7.86. The summed E-state index contributed by atoms with van der Waals surface area (Å²) in [4.78, 5) is 0. The third-order valence-corrected chi connectivity index (χ3v) is 2.30. The van der Waals surface area contributed by atoms with E-state index in [-0.39, 0.29) is 0 Å². The van der Waals surface area contributed by atoms with E-state index in [2.05, 4.69) is 33.5 Å². The van der Waals surface area contributed by atoms with Crippen molar-refractivity contribution in [1.82, 2.24) is 0 Å². The maximum Gasteiger partial charge on any atom is 0.172 e. The van der Waals surface area contributed by atoms with E-state index < -0.39 is 8.24 Å². The predicted octanol–water partition coefficient (Wildman–Crippen LogP) is 3.08. The molecule has 0 spiro atoms. The topological polar surface area (TPSA) is 12.4 Å². The van der Waals surface area contributed by atoms with E-state index >= 15 is 0 Å². The summed E-state index contributed by atoms with van der Waals surface area (Å²) in [5.74, 6) is 0. The molecule has 0 rings (SSSR count). The van der Waals surface area contributed by atoms with Crippen LogP contribution < -0.4 is 0 Å². The van der Waals surface area contributed by atoms with Crippen molar-refractivity contribution in [3.05, 3.63) is 0 Å². The Morgan fingerprint density at radius 1 is 1.10 bits per heavy atom. The second-order valence-electron chi connectivity index (χ2n) is 3.56. The van der Waals surface area contributed by atoms with Crippen molar-refractivity contribution in [3.63, 3.8) is 0 Å². The summed E-state index contributed by atoms with van der Waals surface area (Å²) in [5, 5.41) is 0. The minimum absolute atomic E-state index is 1.13. The molecule has 0 aliphatic heterocycles. The summed E-state index contributed by atoms with van der Waals surface area (Å²) in [6.07, 6.45) is 2.25. The lowest BCUT2D eigenvalue weighted by molar-refractivity contribution is 1.16. The Balaban J connectivity index is 4.11. The van der Waals surface area contributed by atoms with E-state index in [9.17, 15) is 0 Å². The lowest BCUT2D eigenvalue weighted by atomic mass is 10.2. The fourth-order valence-corrected chi connectivity index (χ4v) is 2.15.